The minimum absolute atomic E-state index is 0.260. The Morgan fingerprint density at radius 1 is 1.43 bits per heavy atom. The molecule has 1 saturated carbocycles. The van der Waals surface area contributed by atoms with Gasteiger partial charge >= 0.3 is 12.0 Å². The van der Waals surface area contributed by atoms with Gasteiger partial charge in [-0.2, -0.15) is 0 Å². The fourth-order valence-electron chi connectivity index (χ4n) is 2.87. The number of amides is 4. The number of carbonyl (C=O) groups excluding carboxylic acids is 4. The lowest BCUT2D eigenvalue weighted by Gasteiger charge is -2.20. The van der Waals surface area contributed by atoms with Gasteiger partial charge in [-0.05, 0) is 19.8 Å². The highest BCUT2D eigenvalue weighted by molar-refractivity contribution is 6.08. The summed E-state index contributed by atoms with van der Waals surface area (Å²) in [5.74, 6) is -1.66. The number of hydrogen-bond acceptors (Lipinski definition) is 5. The summed E-state index contributed by atoms with van der Waals surface area (Å²) in [7, 11) is 0. The molecule has 1 aliphatic carbocycles. The van der Waals surface area contributed by atoms with Gasteiger partial charge < -0.3 is 15.4 Å². The van der Waals surface area contributed by atoms with Crippen LogP contribution in [0.1, 0.15) is 32.6 Å². The highest BCUT2D eigenvalue weighted by Gasteiger charge is 2.52. The summed E-state index contributed by atoms with van der Waals surface area (Å²) in [6, 6.07) is -0.586. The molecular weight excluding hydrogens is 302 g/mol. The molecule has 1 heterocycles. The van der Waals surface area contributed by atoms with Crippen LogP contribution in [0.5, 0.6) is 0 Å². The third kappa shape index (κ3) is 3.52. The summed E-state index contributed by atoms with van der Waals surface area (Å²) in [5, 5.41) is 5.17. The Balaban J connectivity index is 1.90. The fourth-order valence-corrected chi connectivity index (χ4v) is 2.87. The van der Waals surface area contributed by atoms with Gasteiger partial charge in [0.25, 0.3) is 11.8 Å². The van der Waals surface area contributed by atoms with E-state index in [2.05, 4.69) is 17.2 Å². The molecule has 126 valence electrons. The Labute approximate surface area is 134 Å². The summed E-state index contributed by atoms with van der Waals surface area (Å²) < 4.78 is 4.96. The van der Waals surface area contributed by atoms with E-state index in [4.69, 9.17) is 4.74 Å². The van der Waals surface area contributed by atoms with Crippen LogP contribution in [0.3, 0.4) is 0 Å². The van der Waals surface area contributed by atoms with Crippen molar-refractivity contribution in [3.05, 3.63) is 12.7 Å². The van der Waals surface area contributed by atoms with Gasteiger partial charge in [0.05, 0.1) is 0 Å². The van der Waals surface area contributed by atoms with Crippen LogP contribution < -0.4 is 10.6 Å². The predicted octanol–water partition coefficient (Wildman–Crippen LogP) is 0.0849. The maximum Gasteiger partial charge on any atom is 0.327 e. The van der Waals surface area contributed by atoms with Crippen molar-refractivity contribution in [1.82, 2.24) is 15.5 Å². The number of urea groups is 1. The molecule has 4 amide bonds. The highest BCUT2D eigenvalue weighted by Crippen LogP contribution is 2.34. The third-order valence-corrected chi connectivity index (χ3v) is 4.09. The van der Waals surface area contributed by atoms with Gasteiger partial charge in [-0.1, -0.05) is 18.9 Å². The number of rotatable bonds is 6. The number of nitrogens with one attached hydrogen (secondary N) is 2. The van der Waals surface area contributed by atoms with E-state index < -0.39 is 36.1 Å². The van der Waals surface area contributed by atoms with E-state index in [1.54, 1.807) is 0 Å². The Morgan fingerprint density at radius 2 is 2.09 bits per heavy atom. The normalized spacial score (nSPS) is 20.3. The van der Waals surface area contributed by atoms with Crippen molar-refractivity contribution in [1.29, 1.82) is 0 Å². The van der Waals surface area contributed by atoms with Gasteiger partial charge in [0.1, 0.15) is 12.1 Å². The molecule has 0 radical (unpaired) electrons. The number of nitrogens with zero attached hydrogens (tertiary/aromatic N) is 1. The third-order valence-electron chi connectivity index (χ3n) is 4.09. The summed E-state index contributed by atoms with van der Waals surface area (Å²) in [5.41, 5.74) is -0.857. The smallest absolute Gasteiger partial charge is 0.327 e. The van der Waals surface area contributed by atoms with E-state index in [1.807, 2.05) is 0 Å². The van der Waals surface area contributed by atoms with Crippen molar-refractivity contribution in [3.63, 3.8) is 0 Å². The minimum atomic E-state index is -1.01. The SMILES string of the molecule is C=CCNC(=O)[C@H](C)OC(=O)CN1C(=O)NC2(CCCC2)C1=O. The van der Waals surface area contributed by atoms with Gasteiger partial charge in [0, 0.05) is 6.54 Å². The lowest BCUT2D eigenvalue weighted by molar-refractivity contribution is -0.156. The number of hydrogen-bond donors (Lipinski definition) is 2. The van der Waals surface area contributed by atoms with Crippen LogP contribution in [0, 0.1) is 0 Å². The van der Waals surface area contributed by atoms with E-state index >= 15 is 0 Å². The van der Waals surface area contributed by atoms with Crippen LogP contribution in [0.4, 0.5) is 4.79 Å². The van der Waals surface area contributed by atoms with E-state index in [-0.39, 0.29) is 12.5 Å². The van der Waals surface area contributed by atoms with Gasteiger partial charge in [0.15, 0.2) is 6.10 Å². The maximum absolute atomic E-state index is 12.4. The second-order valence-corrected chi connectivity index (χ2v) is 5.78. The molecule has 23 heavy (non-hydrogen) atoms. The van der Waals surface area contributed by atoms with E-state index in [0.717, 1.165) is 17.7 Å². The van der Waals surface area contributed by atoms with Crippen LogP contribution in [0.2, 0.25) is 0 Å². The molecule has 0 unspecified atom stereocenters. The van der Waals surface area contributed by atoms with E-state index in [1.165, 1.54) is 13.0 Å². The molecule has 1 aliphatic heterocycles. The number of ether oxygens (including phenoxy) is 1. The number of esters is 1. The monoisotopic (exact) mass is 323 g/mol. The summed E-state index contributed by atoms with van der Waals surface area (Å²) in [6.07, 6.45) is 3.40. The second-order valence-electron chi connectivity index (χ2n) is 5.78. The van der Waals surface area contributed by atoms with Crippen LogP contribution in [-0.4, -0.2) is 53.4 Å². The Kier molecular flexibility index (Phi) is 5.02. The molecule has 8 heteroatoms. The largest absolute Gasteiger partial charge is 0.451 e. The molecule has 2 aliphatic rings. The lowest BCUT2D eigenvalue weighted by atomic mass is 9.98. The second kappa shape index (κ2) is 6.80. The first kappa shape index (κ1) is 17.0. The van der Waals surface area contributed by atoms with Crippen molar-refractivity contribution in [2.24, 2.45) is 0 Å². The predicted molar refractivity (Wildman–Crippen MR) is 80.2 cm³/mol. The zero-order chi connectivity index (χ0) is 17.0. The first-order valence-electron chi connectivity index (χ1n) is 7.62. The van der Waals surface area contributed by atoms with E-state index in [0.29, 0.717) is 12.8 Å². The average Bonchev–Trinajstić information content (AvgIpc) is 3.06. The Morgan fingerprint density at radius 3 is 2.70 bits per heavy atom. The molecule has 0 aromatic heterocycles. The van der Waals surface area contributed by atoms with Gasteiger partial charge in [-0.15, -0.1) is 6.58 Å². The van der Waals surface area contributed by atoms with Crippen molar-refractivity contribution in [2.45, 2.75) is 44.2 Å². The molecule has 0 aromatic rings. The summed E-state index contributed by atoms with van der Waals surface area (Å²) in [6.45, 7) is 4.64. The molecule has 1 saturated heterocycles. The molecule has 1 spiro atoms. The number of carbonyl (C=O) groups is 4. The molecule has 0 aromatic carbocycles. The first-order valence-corrected chi connectivity index (χ1v) is 7.62. The van der Waals surface area contributed by atoms with Gasteiger partial charge in [-0.3, -0.25) is 19.3 Å². The summed E-state index contributed by atoms with van der Waals surface area (Å²) in [4.78, 5) is 48.7. The molecule has 2 fully saturated rings. The Hall–Kier alpha value is -2.38. The molecule has 1 atom stereocenters. The van der Waals surface area contributed by atoms with Gasteiger partial charge in [-0.25, -0.2) is 4.79 Å². The number of imide groups is 1. The zero-order valence-electron chi connectivity index (χ0n) is 13.1. The minimum Gasteiger partial charge on any atom is -0.451 e. The molecule has 8 nitrogen and oxygen atoms in total. The maximum atomic E-state index is 12.4. The van der Waals surface area contributed by atoms with Crippen molar-refractivity contribution in [2.75, 3.05) is 13.1 Å². The van der Waals surface area contributed by atoms with Crippen LogP contribution in [0.15, 0.2) is 12.7 Å². The van der Waals surface area contributed by atoms with Crippen LogP contribution in [-0.2, 0) is 19.1 Å². The van der Waals surface area contributed by atoms with Crippen molar-refractivity contribution < 1.29 is 23.9 Å². The van der Waals surface area contributed by atoms with Gasteiger partial charge in [0.2, 0.25) is 0 Å². The standard InChI is InChI=1S/C15H21N3O5/c1-3-8-16-12(20)10(2)23-11(19)9-18-13(21)15(17-14(18)22)6-4-5-7-15/h3,10H,1,4-9H2,2H3,(H,16,20)(H,17,22)/t10-/m0/s1. The lowest BCUT2D eigenvalue weighted by Crippen LogP contribution is -2.45. The molecule has 0 bridgehead atoms. The molecule has 2 N–H and O–H groups in total. The molecular formula is C15H21N3O5. The quantitative estimate of drug-likeness (QED) is 0.409. The average molecular weight is 323 g/mol. The van der Waals surface area contributed by atoms with Crippen LogP contribution in [0.25, 0.3) is 0 Å². The highest BCUT2D eigenvalue weighted by atomic mass is 16.5. The Bertz CT molecular complexity index is 539. The summed E-state index contributed by atoms with van der Waals surface area (Å²) >= 11 is 0. The first-order chi connectivity index (χ1) is 10.9. The van der Waals surface area contributed by atoms with Crippen molar-refractivity contribution in [3.8, 4) is 0 Å². The van der Waals surface area contributed by atoms with Crippen molar-refractivity contribution >= 4 is 23.8 Å². The molecule has 2 rings (SSSR count). The van der Waals surface area contributed by atoms with Crippen LogP contribution >= 0.6 is 0 Å². The van der Waals surface area contributed by atoms with E-state index in [9.17, 15) is 19.2 Å². The fraction of sp³-hybridized carbons (Fsp3) is 0.600. The topological polar surface area (TPSA) is 105 Å². The zero-order valence-corrected chi connectivity index (χ0v) is 13.1.